The number of benzene rings is 2. The minimum atomic E-state index is -0.406. The SMILES string of the molecule is Cc1ccc(C(=O)N2Cc3ccccc3C[C@H]2C(=O)N2CCCC2)cc1. The molecule has 134 valence electrons. The van der Waals surface area contributed by atoms with E-state index in [1.54, 1.807) is 4.90 Å². The normalized spacial score (nSPS) is 19.3. The monoisotopic (exact) mass is 348 g/mol. The number of likely N-dealkylation sites (tertiary alicyclic amines) is 1. The van der Waals surface area contributed by atoms with E-state index >= 15 is 0 Å². The van der Waals surface area contributed by atoms with Crippen molar-refractivity contribution in [3.05, 3.63) is 70.8 Å². The first-order chi connectivity index (χ1) is 12.6. The summed E-state index contributed by atoms with van der Waals surface area (Å²) in [5.74, 6) is 0.0366. The molecule has 26 heavy (non-hydrogen) atoms. The Kier molecular flexibility index (Phi) is 4.49. The number of fused-ring (bicyclic) bond motifs is 1. The highest BCUT2D eigenvalue weighted by molar-refractivity contribution is 5.98. The van der Waals surface area contributed by atoms with E-state index in [0.717, 1.165) is 37.1 Å². The molecule has 0 radical (unpaired) electrons. The van der Waals surface area contributed by atoms with Crippen LogP contribution in [0.4, 0.5) is 0 Å². The molecule has 1 fully saturated rings. The van der Waals surface area contributed by atoms with E-state index in [-0.39, 0.29) is 11.8 Å². The van der Waals surface area contributed by atoms with Gasteiger partial charge in [-0.3, -0.25) is 9.59 Å². The number of carbonyl (C=O) groups excluding carboxylic acids is 2. The molecule has 0 saturated carbocycles. The van der Waals surface area contributed by atoms with E-state index in [1.165, 1.54) is 5.56 Å². The molecule has 0 aliphatic carbocycles. The lowest BCUT2D eigenvalue weighted by Crippen LogP contribution is -2.53. The summed E-state index contributed by atoms with van der Waals surface area (Å²) in [6.45, 7) is 4.12. The van der Waals surface area contributed by atoms with Gasteiger partial charge in [-0.25, -0.2) is 0 Å². The van der Waals surface area contributed by atoms with Crippen LogP contribution in [0.5, 0.6) is 0 Å². The first-order valence-corrected chi connectivity index (χ1v) is 9.37. The summed E-state index contributed by atoms with van der Waals surface area (Å²) >= 11 is 0. The maximum absolute atomic E-state index is 13.2. The van der Waals surface area contributed by atoms with Crippen molar-refractivity contribution in [2.45, 2.75) is 38.8 Å². The molecular formula is C22H24N2O2. The van der Waals surface area contributed by atoms with Crippen molar-refractivity contribution in [1.82, 2.24) is 9.80 Å². The molecule has 0 aromatic heterocycles. The highest BCUT2D eigenvalue weighted by Gasteiger charge is 2.37. The lowest BCUT2D eigenvalue weighted by atomic mass is 9.92. The predicted octanol–water partition coefficient (Wildman–Crippen LogP) is 3.18. The van der Waals surface area contributed by atoms with E-state index in [1.807, 2.05) is 48.2 Å². The summed E-state index contributed by atoms with van der Waals surface area (Å²) < 4.78 is 0. The number of hydrogen-bond acceptors (Lipinski definition) is 2. The van der Waals surface area contributed by atoms with Gasteiger partial charge in [0.1, 0.15) is 6.04 Å². The van der Waals surface area contributed by atoms with Crippen molar-refractivity contribution in [3.8, 4) is 0 Å². The van der Waals surface area contributed by atoms with Gasteiger partial charge in [-0.15, -0.1) is 0 Å². The van der Waals surface area contributed by atoms with Gasteiger partial charge in [-0.1, -0.05) is 42.0 Å². The minimum absolute atomic E-state index is 0.0583. The van der Waals surface area contributed by atoms with Crippen molar-refractivity contribution in [2.75, 3.05) is 13.1 Å². The van der Waals surface area contributed by atoms with Crippen molar-refractivity contribution in [1.29, 1.82) is 0 Å². The quantitative estimate of drug-likeness (QED) is 0.836. The van der Waals surface area contributed by atoms with Crippen LogP contribution in [-0.2, 0) is 17.8 Å². The van der Waals surface area contributed by atoms with Crippen molar-refractivity contribution >= 4 is 11.8 Å². The number of rotatable bonds is 2. The van der Waals surface area contributed by atoms with Gasteiger partial charge in [0.25, 0.3) is 5.91 Å². The first-order valence-electron chi connectivity index (χ1n) is 9.37. The molecule has 2 heterocycles. The first kappa shape index (κ1) is 16.8. The number of carbonyl (C=O) groups is 2. The number of amides is 2. The van der Waals surface area contributed by atoms with Gasteiger partial charge in [0.2, 0.25) is 5.91 Å². The molecule has 2 aromatic carbocycles. The lowest BCUT2D eigenvalue weighted by Gasteiger charge is -2.38. The molecule has 1 atom stereocenters. The molecule has 2 aromatic rings. The van der Waals surface area contributed by atoms with Gasteiger partial charge in [0.15, 0.2) is 0 Å². The molecule has 0 N–H and O–H groups in total. The topological polar surface area (TPSA) is 40.6 Å². The average Bonchev–Trinajstić information content (AvgIpc) is 3.21. The van der Waals surface area contributed by atoms with E-state index in [4.69, 9.17) is 0 Å². The molecule has 4 rings (SSSR count). The fourth-order valence-electron chi connectivity index (χ4n) is 3.97. The largest absolute Gasteiger partial charge is 0.341 e. The van der Waals surface area contributed by atoms with Crippen LogP contribution in [0.15, 0.2) is 48.5 Å². The summed E-state index contributed by atoms with van der Waals surface area (Å²) in [6.07, 6.45) is 2.71. The number of aryl methyl sites for hydroxylation is 1. The van der Waals surface area contributed by atoms with Gasteiger partial charge in [-0.2, -0.15) is 0 Å². The summed E-state index contributed by atoms with van der Waals surface area (Å²) in [6, 6.07) is 15.3. The van der Waals surface area contributed by atoms with Gasteiger partial charge < -0.3 is 9.80 Å². The Hall–Kier alpha value is -2.62. The Morgan fingerprint density at radius 3 is 2.27 bits per heavy atom. The van der Waals surface area contributed by atoms with Crippen LogP contribution in [-0.4, -0.2) is 40.7 Å². The highest BCUT2D eigenvalue weighted by atomic mass is 16.2. The second kappa shape index (κ2) is 6.94. The third-order valence-electron chi connectivity index (χ3n) is 5.51. The Balaban J connectivity index is 1.67. The summed E-state index contributed by atoms with van der Waals surface area (Å²) in [4.78, 5) is 30.0. The van der Waals surface area contributed by atoms with Gasteiger partial charge >= 0.3 is 0 Å². The van der Waals surface area contributed by atoms with E-state index in [9.17, 15) is 9.59 Å². The summed E-state index contributed by atoms with van der Waals surface area (Å²) in [7, 11) is 0. The Morgan fingerprint density at radius 2 is 1.58 bits per heavy atom. The Morgan fingerprint density at radius 1 is 0.923 bits per heavy atom. The zero-order valence-electron chi connectivity index (χ0n) is 15.1. The van der Waals surface area contributed by atoms with Crippen LogP contribution in [0, 0.1) is 6.92 Å². The third-order valence-corrected chi connectivity index (χ3v) is 5.51. The zero-order chi connectivity index (χ0) is 18.1. The van der Waals surface area contributed by atoms with Crippen molar-refractivity contribution in [3.63, 3.8) is 0 Å². The molecule has 0 spiro atoms. The summed E-state index contributed by atoms with van der Waals surface area (Å²) in [5, 5.41) is 0. The van der Waals surface area contributed by atoms with E-state index in [0.29, 0.717) is 18.5 Å². The average molecular weight is 348 g/mol. The Bertz CT molecular complexity index is 822. The van der Waals surface area contributed by atoms with Crippen LogP contribution in [0.25, 0.3) is 0 Å². The second-order valence-electron chi connectivity index (χ2n) is 7.32. The maximum atomic E-state index is 13.2. The zero-order valence-corrected chi connectivity index (χ0v) is 15.1. The standard InChI is InChI=1S/C22H24N2O2/c1-16-8-10-17(11-9-16)21(25)24-15-19-7-3-2-6-18(19)14-20(24)22(26)23-12-4-5-13-23/h2-3,6-11,20H,4-5,12-15H2,1H3/t20-/m0/s1. The second-order valence-corrected chi connectivity index (χ2v) is 7.32. The molecule has 0 unspecified atom stereocenters. The highest BCUT2D eigenvalue weighted by Crippen LogP contribution is 2.27. The maximum Gasteiger partial charge on any atom is 0.254 e. The minimum Gasteiger partial charge on any atom is -0.341 e. The molecule has 1 saturated heterocycles. The Labute approximate surface area is 154 Å². The van der Waals surface area contributed by atoms with Gasteiger partial charge in [0, 0.05) is 31.6 Å². The molecule has 4 heteroatoms. The lowest BCUT2D eigenvalue weighted by molar-refractivity contribution is -0.135. The molecule has 2 aliphatic rings. The third kappa shape index (κ3) is 3.12. The smallest absolute Gasteiger partial charge is 0.254 e. The van der Waals surface area contributed by atoms with Crippen molar-refractivity contribution in [2.24, 2.45) is 0 Å². The number of nitrogens with zero attached hydrogens (tertiary/aromatic N) is 2. The summed E-state index contributed by atoms with van der Waals surface area (Å²) in [5.41, 5.74) is 4.08. The predicted molar refractivity (Wildman–Crippen MR) is 101 cm³/mol. The van der Waals surface area contributed by atoms with Crippen LogP contribution in [0.1, 0.15) is 39.9 Å². The van der Waals surface area contributed by atoms with Crippen LogP contribution in [0.2, 0.25) is 0 Å². The van der Waals surface area contributed by atoms with Crippen LogP contribution in [0.3, 0.4) is 0 Å². The van der Waals surface area contributed by atoms with Gasteiger partial charge in [-0.05, 0) is 43.0 Å². The van der Waals surface area contributed by atoms with E-state index in [2.05, 4.69) is 12.1 Å². The fraction of sp³-hybridized carbons (Fsp3) is 0.364. The number of hydrogen-bond donors (Lipinski definition) is 0. The molecular weight excluding hydrogens is 324 g/mol. The van der Waals surface area contributed by atoms with Crippen LogP contribution < -0.4 is 0 Å². The molecule has 4 nitrogen and oxygen atoms in total. The molecule has 0 bridgehead atoms. The molecule has 2 aliphatic heterocycles. The van der Waals surface area contributed by atoms with Gasteiger partial charge in [0.05, 0.1) is 0 Å². The fourth-order valence-corrected chi connectivity index (χ4v) is 3.97. The van der Waals surface area contributed by atoms with Crippen LogP contribution >= 0.6 is 0 Å². The van der Waals surface area contributed by atoms with Crippen molar-refractivity contribution < 1.29 is 9.59 Å². The molecule has 2 amide bonds. The van der Waals surface area contributed by atoms with E-state index < -0.39 is 6.04 Å².